The maximum absolute atomic E-state index is 11.5. The molecule has 0 fully saturated rings. The predicted octanol–water partition coefficient (Wildman–Crippen LogP) is 1.59. The van der Waals surface area contributed by atoms with Crippen molar-refractivity contribution in [3.05, 3.63) is 34.9 Å². The first kappa shape index (κ1) is 11.1. The van der Waals surface area contributed by atoms with Crippen molar-refractivity contribution in [3.63, 3.8) is 0 Å². The molecule has 7 heteroatoms. The molecule has 0 amide bonds. The average Bonchev–Trinajstić information content (AvgIpc) is 2.63. The van der Waals surface area contributed by atoms with Gasteiger partial charge in [0.2, 0.25) is 0 Å². The minimum Gasteiger partial charge on any atom is -0.382 e. The van der Waals surface area contributed by atoms with Gasteiger partial charge in [-0.25, -0.2) is 0 Å². The monoisotopic (exact) mass is 232 g/mol. The molecule has 0 atom stereocenters. The van der Waals surface area contributed by atoms with Crippen molar-refractivity contribution in [2.45, 2.75) is 13.5 Å². The lowest BCUT2D eigenvalue weighted by Crippen LogP contribution is -2.05. The van der Waals surface area contributed by atoms with Crippen LogP contribution in [-0.4, -0.2) is 14.8 Å². The molecule has 2 heterocycles. The first-order valence-electron chi connectivity index (χ1n) is 5.12. The number of nitrogen functional groups attached to an aromatic ring is 1. The van der Waals surface area contributed by atoms with Crippen LogP contribution < -0.4 is 11.3 Å². The Labute approximate surface area is 97.0 Å². The van der Waals surface area contributed by atoms with Crippen LogP contribution in [-0.2, 0) is 6.54 Å². The number of hydrogen-bond donors (Lipinski definition) is 2. The standard InChI is InChI=1S/C10H12N6O/c1-2-16-9(11)8(10(17)15-16)14-13-7-3-5-12-6-4-7/h3-6H,2,11H2,1H3,(H,15,17). The third-order valence-corrected chi connectivity index (χ3v) is 2.23. The molecule has 0 aromatic carbocycles. The van der Waals surface area contributed by atoms with E-state index >= 15 is 0 Å². The number of H-pyrrole nitrogens is 1. The smallest absolute Gasteiger partial charge is 0.294 e. The normalized spacial score (nSPS) is 11.1. The molecule has 2 aromatic heterocycles. The van der Waals surface area contributed by atoms with E-state index < -0.39 is 0 Å². The first-order chi connectivity index (χ1) is 8.22. The Bertz CT molecular complexity index is 583. The number of aromatic nitrogens is 3. The van der Waals surface area contributed by atoms with Gasteiger partial charge in [0.05, 0.1) is 5.69 Å². The van der Waals surface area contributed by atoms with Gasteiger partial charge >= 0.3 is 0 Å². The molecule has 0 spiro atoms. The molecule has 7 nitrogen and oxygen atoms in total. The van der Waals surface area contributed by atoms with Gasteiger partial charge in [-0.1, -0.05) is 0 Å². The Kier molecular flexibility index (Phi) is 2.99. The van der Waals surface area contributed by atoms with E-state index in [1.807, 2.05) is 6.92 Å². The van der Waals surface area contributed by atoms with Gasteiger partial charge in [-0.2, -0.15) is 5.11 Å². The summed E-state index contributed by atoms with van der Waals surface area (Å²) in [6.07, 6.45) is 3.19. The molecule has 0 unspecified atom stereocenters. The van der Waals surface area contributed by atoms with Gasteiger partial charge in [0.1, 0.15) is 0 Å². The average molecular weight is 232 g/mol. The van der Waals surface area contributed by atoms with Crippen LogP contribution in [0.25, 0.3) is 0 Å². The summed E-state index contributed by atoms with van der Waals surface area (Å²) in [5, 5.41) is 10.3. The van der Waals surface area contributed by atoms with Gasteiger partial charge in [-0.3, -0.25) is 19.6 Å². The second-order valence-electron chi connectivity index (χ2n) is 3.32. The zero-order valence-corrected chi connectivity index (χ0v) is 9.29. The van der Waals surface area contributed by atoms with Gasteiger partial charge in [-0.05, 0) is 19.1 Å². The Hall–Kier alpha value is -2.44. The number of nitrogens with one attached hydrogen (secondary N) is 1. The van der Waals surface area contributed by atoms with Gasteiger partial charge < -0.3 is 5.73 Å². The van der Waals surface area contributed by atoms with Crippen LogP contribution in [0.15, 0.2) is 39.5 Å². The van der Waals surface area contributed by atoms with Crippen LogP contribution in [0.3, 0.4) is 0 Å². The van der Waals surface area contributed by atoms with Crippen LogP contribution in [0.5, 0.6) is 0 Å². The van der Waals surface area contributed by atoms with Crippen molar-refractivity contribution in [1.29, 1.82) is 0 Å². The van der Waals surface area contributed by atoms with Gasteiger partial charge in [-0.15, -0.1) is 5.11 Å². The van der Waals surface area contributed by atoms with E-state index in [4.69, 9.17) is 5.73 Å². The van der Waals surface area contributed by atoms with Crippen LogP contribution in [0.1, 0.15) is 6.92 Å². The van der Waals surface area contributed by atoms with Gasteiger partial charge in [0.15, 0.2) is 11.5 Å². The highest BCUT2D eigenvalue weighted by molar-refractivity contribution is 5.56. The molecular weight excluding hydrogens is 220 g/mol. The summed E-state index contributed by atoms with van der Waals surface area (Å²) in [5.41, 5.74) is 6.14. The second kappa shape index (κ2) is 4.60. The molecule has 0 bridgehead atoms. The number of nitrogens with zero attached hydrogens (tertiary/aromatic N) is 4. The van der Waals surface area contributed by atoms with E-state index in [0.29, 0.717) is 12.2 Å². The van der Waals surface area contributed by atoms with Crippen molar-refractivity contribution in [1.82, 2.24) is 14.8 Å². The lowest BCUT2D eigenvalue weighted by atomic mass is 10.4. The quantitative estimate of drug-likeness (QED) is 0.785. The predicted molar refractivity (Wildman–Crippen MR) is 63.6 cm³/mol. The van der Waals surface area contributed by atoms with Crippen molar-refractivity contribution in [3.8, 4) is 0 Å². The van der Waals surface area contributed by atoms with Crippen molar-refractivity contribution in [2.24, 2.45) is 10.2 Å². The van der Waals surface area contributed by atoms with E-state index in [2.05, 4.69) is 20.3 Å². The lowest BCUT2D eigenvalue weighted by Gasteiger charge is -1.97. The third-order valence-electron chi connectivity index (χ3n) is 2.23. The summed E-state index contributed by atoms with van der Waals surface area (Å²) in [4.78, 5) is 15.4. The first-order valence-corrected chi connectivity index (χ1v) is 5.12. The molecule has 3 N–H and O–H groups in total. The molecule has 0 saturated heterocycles. The number of pyridine rings is 1. The summed E-state index contributed by atoms with van der Waals surface area (Å²) in [6.45, 7) is 2.45. The molecule has 0 aliphatic carbocycles. The van der Waals surface area contributed by atoms with Gasteiger partial charge in [0.25, 0.3) is 5.56 Å². The largest absolute Gasteiger partial charge is 0.382 e. The van der Waals surface area contributed by atoms with Crippen molar-refractivity contribution >= 4 is 17.2 Å². The molecule has 2 aromatic rings. The number of azo groups is 1. The Morgan fingerprint density at radius 2 is 2.12 bits per heavy atom. The molecule has 0 radical (unpaired) electrons. The highest BCUT2D eigenvalue weighted by atomic mass is 16.1. The highest BCUT2D eigenvalue weighted by Gasteiger charge is 2.09. The second-order valence-corrected chi connectivity index (χ2v) is 3.32. The van der Waals surface area contributed by atoms with Gasteiger partial charge in [0, 0.05) is 18.9 Å². The van der Waals surface area contributed by atoms with E-state index in [-0.39, 0.29) is 17.1 Å². The summed E-state index contributed by atoms with van der Waals surface area (Å²) >= 11 is 0. The fourth-order valence-electron chi connectivity index (χ4n) is 1.34. The fraction of sp³-hybridized carbons (Fsp3) is 0.200. The maximum atomic E-state index is 11.5. The van der Waals surface area contributed by atoms with Crippen LogP contribution in [0.4, 0.5) is 17.2 Å². The molecule has 0 aliphatic heterocycles. The number of aromatic amines is 1. The highest BCUT2D eigenvalue weighted by Crippen LogP contribution is 2.19. The van der Waals surface area contributed by atoms with Crippen LogP contribution >= 0.6 is 0 Å². The topological polar surface area (TPSA) is 101 Å². The number of hydrogen-bond acceptors (Lipinski definition) is 5. The minimum atomic E-state index is -0.345. The lowest BCUT2D eigenvalue weighted by molar-refractivity contribution is 0.662. The molecular formula is C10H12N6O. The number of nitrogens with two attached hydrogens (primary N) is 1. The van der Waals surface area contributed by atoms with E-state index in [0.717, 1.165) is 0 Å². The Morgan fingerprint density at radius 3 is 2.71 bits per heavy atom. The third kappa shape index (κ3) is 2.22. The molecule has 0 saturated carbocycles. The summed E-state index contributed by atoms with van der Waals surface area (Å²) in [5.74, 6) is 0.287. The maximum Gasteiger partial charge on any atom is 0.294 e. The van der Waals surface area contributed by atoms with E-state index in [1.54, 1.807) is 24.5 Å². The molecule has 2 rings (SSSR count). The summed E-state index contributed by atoms with van der Waals surface area (Å²) < 4.78 is 1.52. The van der Waals surface area contributed by atoms with Crippen LogP contribution in [0, 0.1) is 0 Å². The molecule has 17 heavy (non-hydrogen) atoms. The molecule has 88 valence electrons. The number of aryl methyl sites for hydroxylation is 1. The minimum absolute atomic E-state index is 0.128. The zero-order valence-electron chi connectivity index (χ0n) is 9.29. The fourth-order valence-corrected chi connectivity index (χ4v) is 1.34. The number of rotatable bonds is 3. The SMILES string of the molecule is CCn1[nH]c(=O)c(N=Nc2ccncc2)c1N. The van der Waals surface area contributed by atoms with E-state index in [1.165, 1.54) is 4.68 Å². The number of anilines is 1. The summed E-state index contributed by atoms with van der Waals surface area (Å²) in [7, 11) is 0. The summed E-state index contributed by atoms with van der Waals surface area (Å²) in [6, 6.07) is 3.37. The van der Waals surface area contributed by atoms with E-state index in [9.17, 15) is 4.79 Å². The van der Waals surface area contributed by atoms with Crippen molar-refractivity contribution < 1.29 is 0 Å². The zero-order chi connectivity index (χ0) is 12.3. The van der Waals surface area contributed by atoms with Crippen molar-refractivity contribution in [2.75, 3.05) is 5.73 Å². The van der Waals surface area contributed by atoms with Crippen LogP contribution in [0.2, 0.25) is 0 Å². The Morgan fingerprint density at radius 1 is 1.41 bits per heavy atom. The Balaban J connectivity index is 2.34. The molecule has 0 aliphatic rings.